The fourth-order valence-electron chi connectivity index (χ4n) is 15.0. The molecule has 0 aliphatic heterocycles. The third-order valence-electron chi connectivity index (χ3n) is 20.5. The second-order valence-electron chi connectivity index (χ2n) is 28.0. The van der Waals surface area contributed by atoms with Crippen LogP contribution in [0.4, 0.5) is 0 Å². The van der Waals surface area contributed by atoms with Crippen LogP contribution < -0.4 is 0 Å². The largest absolute Gasteiger partial charge is 0.508 e. The number of rotatable bonds is 18. The summed E-state index contributed by atoms with van der Waals surface area (Å²) in [7, 11) is 0. The number of aromatic hydroxyl groups is 12. The van der Waals surface area contributed by atoms with Crippen LogP contribution in [0, 0.1) is 20.8 Å². The average molecular weight is 1470 g/mol. The molecule has 0 fully saturated rings. The summed E-state index contributed by atoms with van der Waals surface area (Å²) in [5, 5.41) is 118. The SMILES string of the molecule is Cc1cc(C(c2ccc(O)cc2)c2ccc(O)cc2)c(C)cc1C(c1ccc(O)cc1)c1ccc(O)cc1.Cc1cc(C(c2ccc(O)cc2)c2ccc(O)cc2)ccc1C(c1ccc(O)cc1)c1ccc(O)cc1.Oc1ccc(C(c2ccc(O)cc2)c2ccc(C(c3ccc(O)cc3)c3ccc(O)cc3)cc2)cc1. The van der Waals surface area contributed by atoms with Crippen LogP contribution in [0.3, 0.4) is 0 Å². The highest BCUT2D eigenvalue weighted by atomic mass is 16.3. The Balaban J connectivity index is 0.000000146. The molecule has 15 rings (SSSR count). The van der Waals surface area contributed by atoms with Crippen molar-refractivity contribution < 1.29 is 61.3 Å². The lowest BCUT2D eigenvalue weighted by Crippen LogP contribution is -2.10. The van der Waals surface area contributed by atoms with Gasteiger partial charge < -0.3 is 61.3 Å². The quantitative estimate of drug-likeness (QED) is 0.0359. The topological polar surface area (TPSA) is 243 Å². The molecule has 0 saturated carbocycles. The smallest absolute Gasteiger partial charge is 0.115 e. The van der Waals surface area contributed by atoms with Gasteiger partial charge in [0.25, 0.3) is 0 Å². The molecule has 0 saturated heterocycles. The Labute approximate surface area is 645 Å². The fraction of sp³-hybridized carbons (Fsp3) is 0.0909. The van der Waals surface area contributed by atoms with Crippen molar-refractivity contribution in [2.24, 2.45) is 0 Å². The second-order valence-corrected chi connectivity index (χ2v) is 28.0. The van der Waals surface area contributed by atoms with E-state index in [4.69, 9.17) is 0 Å². The minimum absolute atomic E-state index is 0.0824. The Morgan fingerprint density at radius 3 is 0.405 bits per heavy atom. The summed E-state index contributed by atoms with van der Waals surface area (Å²) in [6, 6.07) is 106. The Bertz CT molecular complexity index is 5060. The van der Waals surface area contributed by atoms with Gasteiger partial charge in [0, 0.05) is 35.5 Å². The predicted octanol–water partition coefficient (Wildman–Crippen LogP) is 21.5. The number of aryl methyl sites for hydroxylation is 3. The molecular formula is C99H84O12. The molecule has 0 unspecified atom stereocenters. The standard InChI is InChI=1S/C34H30O4.C33H28O4.C32H26O4/c1-21-19-32(34(25-7-15-29(37)16-8-25)26-9-17-30(38)18-10-26)22(2)20-31(21)33(23-3-11-27(35)12-4-23)24-5-13-28(36)14-6-24;1-21-20-26(32(22-2-11-27(34)12-3-22)23-4-13-28(35)14-5-23)10-19-31(21)33(24-6-15-29(36)16-7-24)25-8-17-30(37)18-9-25;33-27-13-5-23(6-14-27)31(24-7-15-28(34)16-8-24)21-1-2-22(4-3-21)32(25-9-17-29(35)18-10-25)26-11-19-30(36)20-12-26/h3-20,33-38H,1-2H3;2-20,32-37H,1H3;1-20,31-36H. The summed E-state index contributed by atoms with van der Waals surface area (Å²) in [6.07, 6.45) is 0. The molecule has 0 spiro atoms. The highest BCUT2D eigenvalue weighted by Gasteiger charge is 2.28. The van der Waals surface area contributed by atoms with Gasteiger partial charge in [0.1, 0.15) is 69.0 Å². The zero-order chi connectivity index (χ0) is 77.8. The molecule has 0 heterocycles. The van der Waals surface area contributed by atoms with E-state index in [1.807, 2.05) is 146 Å². The fourth-order valence-corrected chi connectivity index (χ4v) is 15.0. The Morgan fingerprint density at radius 2 is 0.243 bits per heavy atom. The summed E-state index contributed by atoms with van der Waals surface area (Å²) < 4.78 is 0. The molecule has 0 bridgehead atoms. The summed E-state index contributed by atoms with van der Waals surface area (Å²) in [5.41, 5.74) is 22.4. The number of hydrogen-bond donors (Lipinski definition) is 12. The van der Waals surface area contributed by atoms with Crippen molar-refractivity contribution in [3.05, 3.63) is 463 Å². The Hall–Kier alpha value is -14.1. The van der Waals surface area contributed by atoms with Gasteiger partial charge >= 0.3 is 0 Å². The van der Waals surface area contributed by atoms with Gasteiger partial charge in [-0.1, -0.05) is 200 Å². The Morgan fingerprint density at radius 1 is 0.126 bits per heavy atom. The van der Waals surface area contributed by atoms with Gasteiger partial charge in [-0.15, -0.1) is 0 Å². The highest BCUT2D eigenvalue weighted by molar-refractivity contribution is 5.58. The van der Waals surface area contributed by atoms with Gasteiger partial charge in [0.2, 0.25) is 0 Å². The number of phenols is 12. The van der Waals surface area contributed by atoms with Crippen molar-refractivity contribution in [1.29, 1.82) is 0 Å². The van der Waals surface area contributed by atoms with Crippen LogP contribution in [-0.2, 0) is 0 Å². The normalized spacial score (nSPS) is 11.2. The molecule has 0 aliphatic rings. The summed E-state index contributed by atoms with van der Waals surface area (Å²) in [4.78, 5) is 0. The predicted molar refractivity (Wildman–Crippen MR) is 436 cm³/mol. The number of hydrogen-bond acceptors (Lipinski definition) is 12. The molecule has 12 heteroatoms. The molecule has 0 aromatic heterocycles. The first-order valence-electron chi connectivity index (χ1n) is 36.4. The van der Waals surface area contributed by atoms with Gasteiger partial charge in [0.15, 0.2) is 0 Å². The monoisotopic (exact) mass is 1460 g/mol. The maximum atomic E-state index is 9.90. The lowest BCUT2D eigenvalue weighted by molar-refractivity contribution is 0.474. The lowest BCUT2D eigenvalue weighted by Gasteiger charge is -2.26. The van der Waals surface area contributed by atoms with Gasteiger partial charge in [-0.25, -0.2) is 0 Å². The molecule has 15 aromatic rings. The molecule has 111 heavy (non-hydrogen) atoms. The lowest BCUT2D eigenvalue weighted by atomic mass is 9.78. The van der Waals surface area contributed by atoms with E-state index in [0.29, 0.717) is 0 Å². The van der Waals surface area contributed by atoms with E-state index in [-0.39, 0.29) is 105 Å². The first kappa shape index (κ1) is 75.1. The molecule has 12 nitrogen and oxygen atoms in total. The van der Waals surface area contributed by atoms with Crippen LogP contribution in [0.5, 0.6) is 69.0 Å². The maximum absolute atomic E-state index is 9.90. The Kier molecular flexibility index (Phi) is 22.9. The van der Waals surface area contributed by atoms with Crippen molar-refractivity contribution in [2.45, 2.75) is 56.3 Å². The van der Waals surface area contributed by atoms with E-state index in [2.05, 4.69) is 75.4 Å². The summed E-state index contributed by atoms with van der Waals surface area (Å²) in [5.74, 6) is 2.04. The third-order valence-corrected chi connectivity index (χ3v) is 20.5. The van der Waals surface area contributed by atoms with E-state index < -0.39 is 0 Å². The van der Waals surface area contributed by atoms with Crippen molar-refractivity contribution in [3.63, 3.8) is 0 Å². The minimum Gasteiger partial charge on any atom is -0.508 e. The molecule has 0 aliphatic carbocycles. The van der Waals surface area contributed by atoms with Crippen LogP contribution in [-0.4, -0.2) is 61.3 Å². The van der Waals surface area contributed by atoms with Crippen LogP contribution in [0.1, 0.15) is 152 Å². The average Bonchev–Trinajstić information content (AvgIpc) is 0.783. The van der Waals surface area contributed by atoms with Crippen LogP contribution in [0.25, 0.3) is 0 Å². The van der Waals surface area contributed by atoms with Crippen LogP contribution in [0.15, 0.2) is 346 Å². The van der Waals surface area contributed by atoms with Crippen LogP contribution in [0.2, 0.25) is 0 Å². The first-order chi connectivity index (χ1) is 53.7. The zero-order valence-corrected chi connectivity index (χ0v) is 61.2. The maximum Gasteiger partial charge on any atom is 0.115 e. The molecule has 0 atom stereocenters. The van der Waals surface area contributed by atoms with E-state index in [0.717, 1.165) is 117 Å². The summed E-state index contributed by atoms with van der Waals surface area (Å²) in [6.45, 7) is 6.31. The number of benzene rings is 15. The van der Waals surface area contributed by atoms with Gasteiger partial charge in [-0.3, -0.25) is 0 Å². The first-order valence-corrected chi connectivity index (χ1v) is 36.4. The van der Waals surface area contributed by atoms with Crippen molar-refractivity contribution in [1.82, 2.24) is 0 Å². The second kappa shape index (κ2) is 33.8. The van der Waals surface area contributed by atoms with Gasteiger partial charge in [0.05, 0.1) is 0 Å². The molecule has 12 N–H and O–H groups in total. The van der Waals surface area contributed by atoms with Crippen molar-refractivity contribution in [3.8, 4) is 69.0 Å². The van der Waals surface area contributed by atoms with E-state index in [1.165, 1.54) is 0 Å². The van der Waals surface area contributed by atoms with E-state index in [1.54, 1.807) is 146 Å². The molecular weight excluding hydrogens is 1380 g/mol. The zero-order valence-electron chi connectivity index (χ0n) is 61.2. The molecule has 0 amide bonds. The minimum atomic E-state index is -0.0928. The van der Waals surface area contributed by atoms with Crippen molar-refractivity contribution >= 4 is 0 Å². The number of phenolic OH excluding ortho intramolecular Hbond substituents is 12. The summed E-state index contributed by atoms with van der Waals surface area (Å²) >= 11 is 0. The third kappa shape index (κ3) is 18.0. The molecule has 15 aromatic carbocycles. The van der Waals surface area contributed by atoms with Gasteiger partial charge in [-0.2, -0.15) is 0 Å². The van der Waals surface area contributed by atoms with E-state index >= 15 is 0 Å². The van der Waals surface area contributed by atoms with Crippen LogP contribution >= 0.6 is 0 Å². The molecule has 0 radical (unpaired) electrons. The van der Waals surface area contributed by atoms with E-state index in [9.17, 15) is 61.3 Å². The van der Waals surface area contributed by atoms with Gasteiger partial charge in [-0.05, 0) is 283 Å². The molecule has 552 valence electrons. The highest BCUT2D eigenvalue weighted by Crippen LogP contribution is 2.45. The van der Waals surface area contributed by atoms with Crippen molar-refractivity contribution in [2.75, 3.05) is 0 Å².